The maximum absolute atomic E-state index is 14.5. The van der Waals surface area contributed by atoms with E-state index in [1.54, 1.807) is 46.2 Å². The van der Waals surface area contributed by atoms with Crippen LogP contribution in [-0.2, 0) is 18.9 Å². The fourth-order valence-corrected chi connectivity index (χ4v) is 8.26. The SMILES string of the molecule is CCN(CC)CCOCCN(CCOCCN(CC)CC)C(=O)c1ccc(Cl)cc1Sc1cc(Cl)ccc1C(=O)N(CCOCCN(CC)CC)CCOCCN(CC)CC. The Kier molecular flexibility index (Phi) is 30.3. The highest BCUT2D eigenvalue weighted by atomic mass is 35.5. The van der Waals surface area contributed by atoms with E-state index in [4.69, 9.17) is 42.1 Å². The molecule has 0 unspecified atom stereocenters. The molecule has 0 aliphatic carbocycles. The summed E-state index contributed by atoms with van der Waals surface area (Å²) in [5.74, 6) is -0.335. The summed E-state index contributed by atoms with van der Waals surface area (Å²) in [6.07, 6.45) is 0. The number of nitrogens with zero attached hydrogens (tertiary/aromatic N) is 6. The van der Waals surface area contributed by atoms with Crippen molar-refractivity contribution in [2.24, 2.45) is 0 Å². The van der Waals surface area contributed by atoms with E-state index < -0.39 is 0 Å². The van der Waals surface area contributed by atoms with Crippen LogP contribution in [0.3, 0.4) is 0 Å². The molecular weight excluding hydrogens is 836 g/mol. The minimum atomic E-state index is -0.167. The van der Waals surface area contributed by atoms with Crippen molar-refractivity contribution in [3.8, 4) is 0 Å². The van der Waals surface area contributed by atoms with Gasteiger partial charge in [0, 0.05) is 72.2 Å². The zero-order valence-electron chi connectivity index (χ0n) is 38.7. The first kappa shape index (κ1) is 55.1. The zero-order valence-corrected chi connectivity index (χ0v) is 41.1. The Labute approximate surface area is 383 Å². The first-order chi connectivity index (χ1) is 29.6. The van der Waals surface area contributed by atoms with E-state index in [2.05, 4.69) is 75.0 Å². The van der Waals surface area contributed by atoms with Crippen LogP contribution in [0, 0.1) is 0 Å². The van der Waals surface area contributed by atoms with E-state index in [9.17, 15) is 9.59 Å². The summed E-state index contributed by atoms with van der Waals surface area (Å²) in [6.45, 7) is 33.6. The van der Waals surface area contributed by atoms with Gasteiger partial charge in [-0.2, -0.15) is 0 Å². The number of amides is 2. The molecule has 15 heteroatoms. The van der Waals surface area contributed by atoms with Gasteiger partial charge in [0.15, 0.2) is 0 Å². The van der Waals surface area contributed by atoms with E-state index in [1.165, 1.54) is 11.8 Å². The summed E-state index contributed by atoms with van der Waals surface area (Å²) in [4.78, 5) is 43.0. The first-order valence-corrected chi connectivity index (χ1v) is 24.2. The van der Waals surface area contributed by atoms with Crippen LogP contribution < -0.4 is 0 Å². The normalized spacial score (nSPS) is 11.8. The third kappa shape index (κ3) is 21.5. The lowest BCUT2D eigenvalue weighted by Crippen LogP contribution is -2.38. The van der Waals surface area contributed by atoms with Gasteiger partial charge in [0.1, 0.15) is 0 Å². The smallest absolute Gasteiger partial charge is 0.255 e. The fraction of sp³-hybridized carbons (Fsp3) is 0.696. The Morgan fingerprint density at radius 1 is 0.426 bits per heavy atom. The zero-order chi connectivity index (χ0) is 44.8. The predicted octanol–water partition coefficient (Wildman–Crippen LogP) is 7.46. The second kappa shape index (κ2) is 33.5. The highest BCUT2D eigenvalue weighted by Crippen LogP contribution is 2.37. The van der Waals surface area contributed by atoms with E-state index in [0.717, 1.165) is 78.5 Å². The van der Waals surface area contributed by atoms with Gasteiger partial charge in [-0.15, -0.1) is 0 Å². The minimum absolute atomic E-state index is 0.167. The van der Waals surface area contributed by atoms with Crippen molar-refractivity contribution >= 4 is 46.8 Å². The molecule has 348 valence electrons. The summed E-state index contributed by atoms with van der Waals surface area (Å²) in [5.41, 5.74) is 0.943. The highest BCUT2D eigenvalue weighted by Gasteiger charge is 2.24. The molecule has 2 amide bonds. The number of benzene rings is 2. The van der Waals surface area contributed by atoms with Gasteiger partial charge in [0.2, 0.25) is 0 Å². The minimum Gasteiger partial charge on any atom is -0.378 e. The molecule has 0 aliphatic heterocycles. The molecule has 0 aromatic heterocycles. The van der Waals surface area contributed by atoms with Gasteiger partial charge < -0.3 is 48.3 Å². The topological polar surface area (TPSA) is 90.5 Å². The van der Waals surface area contributed by atoms with Gasteiger partial charge >= 0.3 is 0 Å². The highest BCUT2D eigenvalue weighted by molar-refractivity contribution is 7.99. The maximum atomic E-state index is 14.5. The molecule has 0 aliphatic rings. The summed E-state index contributed by atoms with van der Waals surface area (Å²) in [5, 5.41) is 0.954. The monoisotopic (exact) mass is 913 g/mol. The van der Waals surface area contributed by atoms with Crippen molar-refractivity contribution in [3.05, 3.63) is 57.6 Å². The van der Waals surface area contributed by atoms with E-state index in [1.807, 2.05) is 0 Å². The van der Waals surface area contributed by atoms with Crippen LogP contribution in [0.4, 0.5) is 0 Å². The summed E-state index contributed by atoms with van der Waals surface area (Å²) >= 11 is 14.5. The van der Waals surface area contributed by atoms with Gasteiger partial charge in [0.05, 0.1) is 64.0 Å². The van der Waals surface area contributed by atoms with Crippen LogP contribution in [0.25, 0.3) is 0 Å². The standard InChI is InChI=1S/C46H78Cl2N6O6S/c1-9-49(10-2)21-29-57-33-25-53(26-34-58-30-22-50(11-3)12-4)45(55)41-19-17-39(47)37-43(41)61-44-38-40(48)18-20-42(44)46(56)54(27-35-59-31-23-51(13-5)14-6)28-36-60-32-24-52(15-7)16-8/h17-20,37-38H,9-16,21-36H2,1-8H3. The maximum Gasteiger partial charge on any atom is 0.255 e. The Hall–Kier alpha value is -2.01. The molecule has 2 rings (SSSR count). The van der Waals surface area contributed by atoms with Crippen LogP contribution in [0.2, 0.25) is 10.0 Å². The van der Waals surface area contributed by atoms with E-state index in [-0.39, 0.29) is 11.8 Å². The van der Waals surface area contributed by atoms with Crippen molar-refractivity contribution in [2.45, 2.75) is 65.2 Å². The molecule has 0 N–H and O–H groups in total. The summed E-state index contributed by atoms with van der Waals surface area (Å²) < 4.78 is 24.1. The molecule has 2 aromatic rings. The molecule has 0 spiro atoms. The lowest BCUT2D eigenvalue weighted by molar-refractivity contribution is 0.0462. The van der Waals surface area contributed by atoms with Crippen LogP contribution in [0.1, 0.15) is 76.1 Å². The van der Waals surface area contributed by atoms with Crippen LogP contribution in [0.15, 0.2) is 46.2 Å². The van der Waals surface area contributed by atoms with Crippen molar-refractivity contribution in [1.29, 1.82) is 0 Å². The van der Waals surface area contributed by atoms with Gasteiger partial charge in [-0.3, -0.25) is 9.59 Å². The first-order valence-electron chi connectivity index (χ1n) is 22.6. The fourth-order valence-electron chi connectivity index (χ4n) is 6.64. The number of rotatable bonds is 36. The Morgan fingerprint density at radius 2 is 0.672 bits per heavy atom. The van der Waals surface area contributed by atoms with Crippen molar-refractivity contribution in [2.75, 3.05) is 158 Å². The van der Waals surface area contributed by atoms with Crippen molar-refractivity contribution in [3.63, 3.8) is 0 Å². The molecule has 0 fully saturated rings. The van der Waals surface area contributed by atoms with Crippen molar-refractivity contribution < 1.29 is 28.5 Å². The lowest BCUT2D eigenvalue weighted by atomic mass is 10.2. The molecule has 0 saturated heterocycles. The number of carbonyl (C=O) groups excluding carboxylic acids is 2. The average molecular weight is 914 g/mol. The molecule has 12 nitrogen and oxygen atoms in total. The second-order valence-electron chi connectivity index (χ2n) is 14.5. The van der Waals surface area contributed by atoms with Gasteiger partial charge in [-0.05, 0) is 88.8 Å². The molecule has 0 bridgehead atoms. The van der Waals surface area contributed by atoms with E-state index >= 15 is 0 Å². The van der Waals surface area contributed by atoms with Crippen LogP contribution in [0.5, 0.6) is 0 Å². The number of carbonyl (C=O) groups is 2. The third-order valence-electron chi connectivity index (χ3n) is 10.9. The number of hydrogen-bond acceptors (Lipinski definition) is 11. The van der Waals surface area contributed by atoms with Gasteiger partial charge in [0.25, 0.3) is 11.8 Å². The summed E-state index contributed by atoms with van der Waals surface area (Å²) in [7, 11) is 0. The molecular formula is C46H78Cl2N6O6S. The van der Waals surface area contributed by atoms with Crippen molar-refractivity contribution in [1.82, 2.24) is 29.4 Å². The molecule has 0 radical (unpaired) electrons. The van der Waals surface area contributed by atoms with Gasteiger partial charge in [-0.1, -0.05) is 90.4 Å². The Morgan fingerprint density at radius 3 is 0.918 bits per heavy atom. The Bertz CT molecular complexity index is 1330. The van der Waals surface area contributed by atoms with Crippen LogP contribution in [-0.4, -0.2) is 199 Å². The number of ether oxygens (including phenoxy) is 4. The predicted molar refractivity (Wildman–Crippen MR) is 253 cm³/mol. The number of hydrogen-bond donors (Lipinski definition) is 0. The van der Waals surface area contributed by atoms with E-state index in [0.29, 0.717) is 110 Å². The average Bonchev–Trinajstić information content (AvgIpc) is 3.26. The molecule has 61 heavy (non-hydrogen) atoms. The molecule has 0 atom stereocenters. The molecule has 0 saturated carbocycles. The number of likely N-dealkylation sites (N-methyl/N-ethyl adjacent to an activating group) is 4. The summed E-state index contributed by atoms with van der Waals surface area (Å²) in [6, 6.07) is 10.5. The molecule has 0 heterocycles. The largest absolute Gasteiger partial charge is 0.378 e. The third-order valence-corrected chi connectivity index (χ3v) is 12.5. The van der Waals surface area contributed by atoms with Crippen LogP contribution >= 0.6 is 35.0 Å². The molecule has 2 aromatic carbocycles. The van der Waals surface area contributed by atoms with Gasteiger partial charge in [-0.25, -0.2) is 0 Å². The second-order valence-corrected chi connectivity index (χ2v) is 16.5. The number of halogens is 2. The Balaban J connectivity index is 2.35. The lowest BCUT2D eigenvalue weighted by Gasteiger charge is -2.26. The quantitative estimate of drug-likeness (QED) is 0.0639.